The van der Waals surface area contributed by atoms with E-state index < -0.39 is 0 Å². The highest BCUT2D eigenvalue weighted by Crippen LogP contribution is 2.12. The summed E-state index contributed by atoms with van der Waals surface area (Å²) in [6, 6.07) is 0. The normalized spacial score (nSPS) is 14.7. The molecule has 0 aliphatic carbocycles. The zero-order valence-electron chi connectivity index (χ0n) is 10.1. The van der Waals surface area contributed by atoms with Gasteiger partial charge >= 0.3 is 0 Å². The van der Waals surface area contributed by atoms with Gasteiger partial charge in [-0.3, -0.25) is 4.79 Å². The number of ether oxygens (including phenoxy) is 1. The minimum absolute atomic E-state index is 0.0587. The van der Waals surface area contributed by atoms with Gasteiger partial charge in [-0.2, -0.15) is 0 Å². The number of carbonyl (C=O) groups is 1. The maximum Gasteiger partial charge on any atom is 0.246 e. The number of nitrogens with one attached hydrogen (secondary N) is 1. The molecule has 0 saturated heterocycles. The second kappa shape index (κ2) is 7.65. The molecule has 0 bridgehead atoms. The molecular weight excluding hydrogens is 192 g/mol. The van der Waals surface area contributed by atoms with Crippen molar-refractivity contribution in [3.63, 3.8) is 0 Å². The maximum absolute atomic E-state index is 11.3. The molecule has 0 aromatic rings. The van der Waals surface area contributed by atoms with Crippen LogP contribution in [0.4, 0.5) is 0 Å². The van der Waals surface area contributed by atoms with Gasteiger partial charge in [-0.05, 0) is 19.8 Å². The molecule has 0 heterocycles. The van der Waals surface area contributed by atoms with Gasteiger partial charge in [-0.25, -0.2) is 0 Å². The molecule has 0 spiro atoms. The van der Waals surface area contributed by atoms with Gasteiger partial charge in [0.2, 0.25) is 5.91 Å². The predicted molar refractivity (Wildman–Crippen MR) is 61.6 cm³/mol. The number of rotatable bonds is 8. The molecule has 0 aromatic heterocycles. The quantitative estimate of drug-likeness (QED) is 0.596. The third-order valence-electron chi connectivity index (χ3n) is 2.58. The van der Waals surface area contributed by atoms with Crippen molar-refractivity contribution < 1.29 is 9.53 Å². The van der Waals surface area contributed by atoms with E-state index >= 15 is 0 Å². The van der Waals surface area contributed by atoms with Crippen LogP contribution in [0, 0.1) is 0 Å². The van der Waals surface area contributed by atoms with Crippen molar-refractivity contribution in [2.45, 2.75) is 45.6 Å². The van der Waals surface area contributed by atoms with E-state index in [-0.39, 0.29) is 18.1 Å². The second-order valence-electron chi connectivity index (χ2n) is 4.00. The summed E-state index contributed by atoms with van der Waals surface area (Å²) in [6.07, 6.45) is 2.90. The first-order chi connectivity index (χ1) is 7.08. The van der Waals surface area contributed by atoms with E-state index in [0.29, 0.717) is 6.54 Å². The Kier molecular flexibility index (Phi) is 7.34. The summed E-state index contributed by atoms with van der Waals surface area (Å²) >= 11 is 0. The van der Waals surface area contributed by atoms with E-state index in [9.17, 15) is 4.79 Å². The molecule has 15 heavy (non-hydrogen) atoms. The molecule has 0 saturated carbocycles. The van der Waals surface area contributed by atoms with E-state index in [1.807, 2.05) is 13.8 Å². The Morgan fingerprint density at radius 2 is 2.13 bits per heavy atom. The van der Waals surface area contributed by atoms with Gasteiger partial charge in [-0.15, -0.1) is 0 Å². The third kappa shape index (κ3) is 6.47. The predicted octanol–water partition coefficient (Wildman–Crippen LogP) is 1.05. The van der Waals surface area contributed by atoms with Crippen LogP contribution in [-0.4, -0.2) is 31.2 Å². The minimum atomic E-state index is -0.373. The highest BCUT2D eigenvalue weighted by molar-refractivity contribution is 5.77. The lowest BCUT2D eigenvalue weighted by molar-refractivity contribution is -0.132. The van der Waals surface area contributed by atoms with Crippen LogP contribution in [0.15, 0.2) is 0 Å². The van der Waals surface area contributed by atoms with E-state index in [2.05, 4.69) is 12.2 Å². The van der Waals surface area contributed by atoms with Crippen LogP contribution in [0.5, 0.6) is 0 Å². The van der Waals surface area contributed by atoms with Gasteiger partial charge < -0.3 is 15.8 Å². The first-order valence-corrected chi connectivity index (χ1v) is 5.68. The maximum atomic E-state index is 11.3. The van der Waals surface area contributed by atoms with Gasteiger partial charge in [0, 0.05) is 13.1 Å². The van der Waals surface area contributed by atoms with Crippen LogP contribution in [0.1, 0.15) is 40.0 Å². The van der Waals surface area contributed by atoms with Crippen molar-refractivity contribution in [2.24, 2.45) is 5.73 Å². The smallest absolute Gasteiger partial charge is 0.246 e. The number of hydrogen-bond acceptors (Lipinski definition) is 3. The fraction of sp³-hybridized carbons (Fsp3) is 0.909. The summed E-state index contributed by atoms with van der Waals surface area (Å²) in [5.74, 6) is -0.0587. The molecule has 1 atom stereocenters. The largest absolute Gasteiger partial charge is 0.364 e. The molecule has 4 nitrogen and oxygen atoms in total. The zero-order valence-corrected chi connectivity index (χ0v) is 10.1. The molecule has 0 rings (SSSR count). The van der Waals surface area contributed by atoms with Gasteiger partial charge in [0.15, 0.2) is 0 Å². The van der Waals surface area contributed by atoms with Crippen molar-refractivity contribution >= 4 is 5.91 Å². The van der Waals surface area contributed by atoms with Crippen LogP contribution < -0.4 is 11.1 Å². The zero-order chi connectivity index (χ0) is 11.7. The van der Waals surface area contributed by atoms with Crippen LogP contribution in [0.2, 0.25) is 0 Å². The molecule has 0 aliphatic rings. The Morgan fingerprint density at radius 3 is 2.60 bits per heavy atom. The highest BCUT2D eigenvalue weighted by atomic mass is 16.5. The molecule has 1 unspecified atom stereocenters. The monoisotopic (exact) mass is 216 g/mol. The molecule has 4 heteroatoms. The third-order valence-corrected chi connectivity index (χ3v) is 2.58. The molecule has 0 radical (unpaired) electrons. The SMILES string of the molecule is CCCCNC(=O)COC(C)(CC)CN. The van der Waals surface area contributed by atoms with Crippen molar-refractivity contribution in [2.75, 3.05) is 19.7 Å². The van der Waals surface area contributed by atoms with Gasteiger partial charge in [0.1, 0.15) is 6.61 Å². The lowest BCUT2D eigenvalue weighted by Gasteiger charge is -2.26. The van der Waals surface area contributed by atoms with Gasteiger partial charge in [-0.1, -0.05) is 20.3 Å². The molecule has 0 aliphatic heterocycles. The van der Waals surface area contributed by atoms with Crippen LogP contribution in [-0.2, 0) is 9.53 Å². The highest BCUT2D eigenvalue weighted by Gasteiger charge is 2.21. The summed E-state index contributed by atoms with van der Waals surface area (Å²) in [5, 5.41) is 2.80. The Balaban J connectivity index is 3.69. The fourth-order valence-corrected chi connectivity index (χ4v) is 1.00. The Labute approximate surface area is 92.6 Å². The average Bonchev–Trinajstić information content (AvgIpc) is 2.26. The Morgan fingerprint density at radius 1 is 1.47 bits per heavy atom. The minimum Gasteiger partial charge on any atom is -0.364 e. The number of unbranched alkanes of at least 4 members (excludes halogenated alkanes) is 1. The summed E-state index contributed by atoms with van der Waals surface area (Å²) in [7, 11) is 0. The number of hydrogen-bond donors (Lipinski definition) is 2. The van der Waals surface area contributed by atoms with E-state index in [1.165, 1.54) is 0 Å². The summed E-state index contributed by atoms with van der Waals surface area (Å²) in [6.45, 7) is 7.28. The second-order valence-corrected chi connectivity index (χ2v) is 4.00. The molecule has 0 fully saturated rings. The Hall–Kier alpha value is -0.610. The lowest BCUT2D eigenvalue weighted by Crippen LogP contribution is -2.40. The first kappa shape index (κ1) is 14.4. The van der Waals surface area contributed by atoms with Gasteiger partial charge in [0.05, 0.1) is 5.60 Å². The molecule has 90 valence electrons. The molecule has 0 aromatic carbocycles. The van der Waals surface area contributed by atoms with E-state index in [4.69, 9.17) is 10.5 Å². The van der Waals surface area contributed by atoms with Crippen LogP contribution in [0.3, 0.4) is 0 Å². The van der Waals surface area contributed by atoms with Crippen molar-refractivity contribution in [1.29, 1.82) is 0 Å². The van der Waals surface area contributed by atoms with Crippen LogP contribution in [0.25, 0.3) is 0 Å². The summed E-state index contributed by atoms with van der Waals surface area (Å²) in [4.78, 5) is 11.3. The van der Waals surface area contributed by atoms with Crippen molar-refractivity contribution in [3.8, 4) is 0 Å². The van der Waals surface area contributed by atoms with Gasteiger partial charge in [0.25, 0.3) is 0 Å². The summed E-state index contributed by atoms with van der Waals surface area (Å²) < 4.78 is 5.48. The standard InChI is InChI=1S/C11H24N2O2/c1-4-6-7-13-10(14)8-15-11(3,5-2)9-12/h4-9,12H2,1-3H3,(H,13,14). The van der Waals surface area contributed by atoms with E-state index in [0.717, 1.165) is 25.8 Å². The first-order valence-electron chi connectivity index (χ1n) is 5.68. The van der Waals surface area contributed by atoms with Crippen LogP contribution >= 0.6 is 0 Å². The number of amides is 1. The van der Waals surface area contributed by atoms with Crippen molar-refractivity contribution in [1.82, 2.24) is 5.32 Å². The molecule has 1 amide bonds. The lowest BCUT2D eigenvalue weighted by atomic mass is 10.0. The summed E-state index contributed by atoms with van der Waals surface area (Å²) in [5.41, 5.74) is 5.20. The number of carbonyl (C=O) groups excluding carboxylic acids is 1. The van der Waals surface area contributed by atoms with E-state index in [1.54, 1.807) is 0 Å². The topological polar surface area (TPSA) is 64.3 Å². The molecule has 3 N–H and O–H groups in total. The Bertz CT molecular complexity index is 179. The number of nitrogens with two attached hydrogens (primary N) is 1. The molecular formula is C11H24N2O2. The van der Waals surface area contributed by atoms with Crippen molar-refractivity contribution in [3.05, 3.63) is 0 Å². The average molecular weight is 216 g/mol. The fourth-order valence-electron chi connectivity index (χ4n) is 1.00.